The molecule has 12 heavy (non-hydrogen) atoms. The maximum absolute atomic E-state index is 8.20. The van der Waals surface area contributed by atoms with Gasteiger partial charge in [-0.3, -0.25) is 0 Å². The molecule has 1 aromatic rings. The molecule has 1 aromatic heterocycles. The van der Waals surface area contributed by atoms with Crippen molar-refractivity contribution < 1.29 is 0 Å². The molecule has 0 fully saturated rings. The third-order valence-electron chi connectivity index (χ3n) is 1.39. The predicted molar refractivity (Wildman–Crippen MR) is 45.9 cm³/mol. The van der Waals surface area contributed by atoms with Gasteiger partial charge >= 0.3 is 0 Å². The Bertz CT molecular complexity index is 390. The van der Waals surface area contributed by atoms with Crippen LogP contribution in [0.3, 0.4) is 0 Å². The molecule has 0 atom stereocenters. The number of hydrogen-bond donors (Lipinski definition) is 1. The third kappa shape index (κ3) is 1.74. The molecule has 0 aliphatic rings. The Balaban J connectivity index is 3.12. The highest BCUT2D eigenvalue weighted by Gasteiger charge is 1.94. The van der Waals surface area contributed by atoms with Crippen molar-refractivity contribution in [1.82, 2.24) is 4.98 Å². The van der Waals surface area contributed by atoms with Crippen molar-refractivity contribution in [2.45, 2.75) is 6.92 Å². The highest BCUT2D eigenvalue weighted by molar-refractivity contribution is 5.46. The molecule has 0 aliphatic heterocycles. The quantitative estimate of drug-likeness (QED) is 0.568. The number of aromatic nitrogens is 1. The molecule has 0 aromatic carbocycles. The largest absolute Gasteiger partial charge is 0.384 e. The van der Waals surface area contributed by atoms with Crippen LogP contribution < -0.4 is 5.73 Å². The van der Waals surface area contributed by atoms with E-state index < -0.39 is 0 Å². The fraction of sp³-hybridized carbons (Fsp3) is 0.111. The van der Waals surface area contributed by atoms with Gasteiger partial charge in [-0.05, 0) is 24.5 Å². The van der Waals surface area contributed by atoms with Crippen LogP contribution in [0.15, 0.2) is 12.3 Å². The number of nitrogens with two attached hydrogens (primary N) is 1. The van der Waals surface area contributed by atoms with Gasteiger partial charge < -0.3 is 5.73 Å². The number of nitrogen functional groups attached to an aromatic ring is 1. The van der Waals surface area contributed by atoms with Gasteiger partial charge in [0.1, 0.15) is 5.82 Å². The van der Waals surface area contributed by atoms with Crippen LogP contribution in [0.2, 0.25) is 0 Å². The van der Waals surface area contributed by atoms with Crippen molar-refractivity contribution in [2.75, 3.05) is 5.73 Å². The first-order valence-corrected chi connectivity index (χ1v) is 3.36. The molecule has 0 amide bonds. The first kappa shape index (κ1) is 8.10. The molecule has 2 N–H and O–H groups in total. The molecular weight excluding hydrogens is 150 g/mol. The average Bonchev–Trinajstić information content (AvgIpc) is 2.03. The third-order valence-corrected chi connectivity index (χ3v) is 1.39. The zero-order chi connectivity index (χ0) is 8.97. The second kappa shape index (κ2) is 3.41. The molecule has 0 saturated heterocycles. The van der Waals surface area contributed by atoms with E-state index in [1.807, 2.05) is 6.92 Å². The van der Waals surface area contributed by atoms with Crippen LogP contribution in [0, 0.1) is 30.1 Å². The zero-order valence-electron chi connectivity index (χ0n) is 6.63. The number of nitriles is 1. The molecule has 0 aliphatic carbocycles. The van der Waals surface area contributed by atoms with Gasteiger partial charge in [0.05, 0.1) is 0 Å². The van der Waals surface area contributed by atoms with Crippen molar-refractivity contribution in [3.05, 3.63) is 23.4 Å². The second-order valence-corrected chi connectivity index (χ2v) is 2.29. The van der Waals surface area contributed by atoms with Crippen LogP contribution in [0.5, 0.6) is 0 Å². The molecule has 58 valence electrons. The summed E-state index contributed by atoms with van der Waals surface area (Å²) in [5, 5.41) is 8.20. The van der Waals surface area contributed by atoms with Crippen LogP contribution in [0.1, 0.15) is 11.1 Å². The fourth-order valence-corrected chi connectivity index (χ4v) is 0.804. The summed E-state index contributed by atoms with van der Waals surface area (Å²) in [7, 11) is 0. The normalized spacial score (nSPS) is 8.00. The maximum atomic E-state index is 8.20. The lowest BCUT2D eigenvalue weighted by Gasteiger charge is -1.96. The Morgan fingerprint density at radius 3 is 2.92 bits per heavy atom. The highest BCUT2D eigenvalue weighted by Crippen LogP contribution is 2.07. The Morgan fingerprint density at radius 1 is 1.58 bits per heavy atom. The van der Waals surface area contributed by atoms with Gasteiger partial charge in [-0.1, -0.05) is 0 Å². The lowest BCUT2D eigenvalue weighted by molar-refractivity contribution is 1.27. The maximum Gasteiger partial charge on any atom is 0.152 e. The lowest BCUT2D eigenvalue weighted by Crippen LogP contribution is -1.92. The van der Waals surface area contributed by atoms with E-state index in [2.05, 4.69) is 16.8 Å². The minimum absolute atomic E-state index is 0.468. The number of anilines is 1. The van der Waals surface area contributed by atoms with Gasteiger partial charge in [-0.2, -0.15) is 5.26 Å². The van der Waals surface area contributed by atoms with Crippen LogP contribution in [0.25, 0.3) is 0 Å². The minimum atomic E-state index is 0.468. The summed E-state index contributed by atoms with van der Waals surface area (Å²) in [6.45, 7) is 1.87. The van der Waals surface area contributed by atoms with E-state index in [1.54, 1.807) is 18.3 Å². The lowest BCUT2D eigenvalue weighted by atomic mass is 10.1. The fourth-order valence-electron chi connectivity index (χ4n) is 0.804. The molecule has 0 bridgehead atoms. The Hall–Kier alpha value is -2.00. The summed E-state index contributed by atoms with van der Waals surface area (Å²) in [6, 6.07) is 3.46. The molecule has 1 rings (SSSR count). The summed E-state index contributed by atoms with van der Waals surface area (Å²) in [6.07, 6.45) is 1.56. The summed E-state index contributed by atoms with van der Waals surface area (Å²) in [4.78, 5) is 3.86. The number of pyridine rings is 1. The molecule has 3 heteroatoms. The average molecular weight is 157 g/mol. The van der Waals surface area contributed by atoms with Gasteiger partial charge in [0, 0.05) is 17.7 Å². The predicted octanol–water partition coefficient (Wildman–Crippen LogP) is 0.847. The molecule has 3 nitrogen and oxygen atoms in total. The van der Waals surface area contributed by atoms with Crippen LogP contribution >= 0.6 is 0 Å². The van der Waals surface area contributed by atoms with E-state index in [-0.39, 0.29) is 0 Å². The van der Waals surface area contributed by atoms with E-state index in [0.29, 0.717) is 5.82 Å². The van der Waals surface area contributed by atoms with Crippen LogP contribution in [-0.2, 0) is 0 Å². The van der Waals surface area contributed by atoms with Crippen molar-refractivity contribution >= 4 is 5.82 Å². The first-order valence-electron chi connectivity index (χ1n) is 3.36. The van der Waals surface area contributed by atoms with Crippen LogP contribution in [-0.4, -0.2) is 4.98 Å². The van der Waals surface area contributed by atoms with Crippen molar-refractivity contribution in [3.63, 3.8) is 0 Å². The van der Waals surface area contributed by atoms with Gasteiger partial charge in [0.2, 0.25) is 0 Å². The van der Waals surface area contributed by atoms with Crippen molar-refractivity contribution in [2.24, 2.45) is 0 Å². The molecule has 0 saturated carbocycles. The second-order valence-electron chi connectivity index (χ2n) is 2.29. The van der Waals surface area contributed by atoms with Gasteiger partial charge in [-0.15, -0.1) is 0 Å². The topological polar surface area (TPSA) is 62.7 Å². The molecule has 1 heterocycles. The van der Waals surface area contributed by atoms with E-state index in [9.17, 15) is 0 Å². The minimum Gasteiger partial charge on any atom is -0.384 e. The molecule has 0 radical (unpaired) electrons. The smallest absolute Gasteiger partial charge is 0.152 e. The number of rotatable bonds is 0. The number of aryl methyl sites for hydroxylation is 1. The van der Waals surface area contributed by atoms with Gasteiger partial charge in [0.25, 0.3) is 0 Å². The molecular formula is C9H7N3. The van der Waals surface area contributed by atoms with Gasteiger partial charge in [-0.25, -0.2) is 4.98 Å². The van der Waals surface area contributed by atoms with Crippen molar-refractivity contribution in [1.29, 1.82) is 5.26 Å². The van der Waals surface area contributed by atoms with E-state index in [1.165, 1.54) is 0 Å². The Morgan fingerprint density at radius 2 is 2.33 bits per heavy atom. The SMILES string of the molecule is Cc1cc(N)ncc1C#CC#N. The zero-order valence-corrected chi connectivity index (χ0v) is 6.63. The number of hydrogen-bond acceptors (Lipinski definition) is 3. The standard InChI is InChI=1S/C9H7N3/c1-7-5-9(11)12-6-8(7)3-2-4-10/h5-6H,1H3,(H2,11,12). The summed E-state index contributed by atoms with van der Waals surface area (Å²) >= 11 is 0. The van der Waals surface area contributed by atoms with Crippen LogP contribution in [0.4, 0.5) is 5.82 Å². The van der Waals surface area contributed by atoms with E-state index >= 15 is 0 Å². The summed E-state index contributed by atoms with van der Waals surface area (Å²) < 4.78 is 0. The summed E-state index contributed by atoms with van der Waals surface area (Å²) in [5.74, 6) is 5.43. The first-order chi connectivity index (χ1) is 5.74. The summed E-state index contributed by atoms with van der Waals surface area (Å²) in [5.41, 5.74) is 7.11. The molecule has 0 spiro atoms. The highest BCUT2D eigenvalue weighted by atomic mass is 14.8. The monoisotopic (exact) mass is 157 g/mol. The van der Waals surface area contributed by atoms with Crippen molar-refractivity contribution in [3.8, 4) is 17.9 Å². The molecule has 0 unspecified atom stereocenters. The van der Waals surface area contributed by atoms with Gasteiger partial charge in [0.15, 0.2) is 6.07 Å². The van der Waals surface area contributed by atoms with E-state index in [4.69, 9.17) is 11.0 Å². The van der Waals surface area contributed by atoms with E-state index in [0.717, 1.165) is 11.1 Å². The Kier molecular flexibility index (Phi) is 2.30. The Labute approximate surface area is 70.8 Å². The number of nitrogens with zero attached hydrogens (tertiary/aromatic N) is 2.